The fraction of sp³-hybridized carbons (Fsp3) is 0.417. The monoisotopic (exact) mass is 236 g/mol. The molecule has 5 heteroatoms. The Kier molecular flexibility index (Phi) is 5.11. The molecule has 0 saturated heterocycles. The first-order chi connectivity index (χ1) is 8.23. The lowest BCUT2D eigenvalue weighted by Gasteiger charge is -2.12. The van der Waals surface area contributed by atoms with Gasteiger partial charge in [0.05, 0.1) is 20.3 Å². The molecule has 1 N–H and O–H groups in total. The highest BCUT2D eigenvalue weighted by atomic mass is 16.5. The molecule has 0 saturated carbocycles. The zero-order chi connectivity index (χ0) is 12.7. The maximum Gasteiger partial charge on any atom is 0.129 e. The molecule has 0 amide bonds. The Hall–Kier alpha value is -1.93. The van der Waals surface area contributed by atoms with Crippen molar-refractivity contribution < 1.29 is 14.2 Å². The van der Waals surface area contributed by atoms with E-state index in [9.17, 15) is 0 Å². The zero-order valence-corrected chi connectivity index (χ0v) is 10.2. The van der Waals surface area contributed by atoms with Crippen LogP contribution in [0.1, 0.15) is 0 Å². The van der Waals surface area contributed by atoms with Gasteiger partial charge in [-0.05, 0) is 7.05 Å². The summed E-state index contributed by atoms with van der Waals surface area (Å²) in [6.45, 7) is 0.267. The second-order valence-electron chi connectivity index (χ2n) is 3.33. The molecule has 0 aliphatic heterocycles. The molecule has 1 unspecified atom stereocenters. The van der Waals surface area contributed by atoms with Crippen LogP contribution in [0, 0.1) is 11.3 Å². The molecular formula is C12H16N2O3. The largest absolute Gasteiger partial charge is 0.496 e. The quantitative estimate of drug-likeness (QED) is 0.804. The van der Waals surface area contributed by atoms with Crippen LogP contribution in [-0.4, -0.2) is 33.9 Å². The zero-order valence-electron chi connectivity index (χ0n) is 10.2. The third-order valence-corrected chi connectivity index (χ3v) is 2.25. The van der Waals surface area contributed by atoms with Crippen molar-refractivity contribution in [2.45, 2.75) is 6.04 Å². The van der Waals surface area contributed by atoms with Crippen LogP contribution in [0.4, 0.5) is 0 Å². The van der Waals surface area contributed by atoms with Gasteiger partial charge in [-0.15, -0.1) is 0 Å². The van der Waals surface area contributed by atoms with Crippen LogP contribution >= 0.6 is 0 Å². The van der Waals surface area contributed by atoms with Gasteiger partial charge in [0.1, 0.15) is 29.9 Å². The van der Waals surface area contributed by atoms with Gasteiger partial charge >= 0.3 is 0 Å². The summed E-state index contributed by atoms with van der Waals surface area (Å²) < 4.78 is 15.7. The van der Waals surface area contributed by atoms with Crippen LogP contribution in [-0.2, 0) is 0 Å². The van der Waals surface area contributed by atoms with Crippen LogP contribution in [0.25, 0.3) is 0 Å². The van der Waals surface area contributed by atoms with Crippen molar-refractivity contribution in [3.05, 3.63) is 18.2 Å². The molecule has 92 valence electrons. The molecule has 0 aliphatic rings. The minimum atomic E-state index is -0.341. The van der Waals surface area contributed by atoms with Gasteiger partial charge in [0.15, 0.2) is 0 Å². The summed E-state index contributed by atoms with van der Waals surface area (Å²) in [4.78, 5) is 0. The van der Waals surface area contributed by atoms with Gasteiger partial charge in [0.25, 0.3) is 0 Å². The molecule has 0 radical (unpaired) electrons. The number of nitriles is 1. The maximum atomic E-state index is 8.76. The van der Waals surface area contributed by atoms with Crippen molar-refractivity contribution in [1.82, 2.24) is 5.32 Å². The molecule has 1 aromatic rings. The molecule has 0 fully saturated rings. The molecule has 1 aromatic carbocycles. The summed E-state index contributed by atoms with van der Waals surface area (Å²) in [6.07, 6.45) is 0. The van der Waals surface area contributed by atoms with E-state index in [0.29, 0.717) is 17.2 Å². The van der Waals surface area contributed by atoms with E-state index >= 15 is 0 Å². The summed E-state index contributed by atoms with van der Waals surface area (Å²) in [6, 6.07) is 6.98. The minimum absolute atomic E-state index is 0.267. The highest BCUT2D eigenvalue weighted by Crippen LogP contribution is 2.27. The van der Waals surface area contributed by atoms with E-state index in [-0.39, 0.29) is 12.6 Å². The Labute approximate surface area is 101 Å². The second kappa shape index (κ2) is 6.61. The second-order valence-corrected chi connectivity index (χ2v) is 3.33. The van der Waals surface area contributed by atoms with Gasteiger partial charge in [-0.1, -0.05) is 0 Å². The van der Waals surface area contributed by atoms with Crippen molar-refractivity contribution in [2.75, 3.05) is 27.9 Å². The maximum absolute atomic E-state index is 8.76. The standard InChI is InChI=1S/C12H16N2O3/c1-14-9(7-13)8-17-12-5-10(15-2)4-11(6-12)16-3/h4-6,9,14H,8H2,1-3H3. The Morgan fingerprint density at radius 2 is 1.71 bits per heavy atom. The summed E-state index contributed by atoms with van der Waals surface area (Å²) in [5.74, 6) is 1.91. The topological polar surface area (TPSA) is 63.5 Å². The fourth-order valence-corrected chi connectivity index (χ4v) is 1.23. The van der Waals surface area contributed by atoms with Crippen molar-refractivity contribution in [3.8, 4) is 23.3 Å². The third-order valence-electron chi connectivity index (χ3n) is 2.25. The van der Waals surface area contributed by atoms with Crippen LogP contribution in [0.5, 0.6) is 17.2 Å². The number of hydrogen-bond acceptors (Lipinski definition) is 5. The lowest BCUT2D eigenvalue weighted by molar-refractivity contribution is 0.290. The van der Waals surface area contributed by atoms with E-state index in [2.05, 4.69) is 11.4 Å². The highest BCUT2D eigenvalue weighted by molar-refractivity contribution is 5.42. The number of hydrogen-bond donors (Lipinski definition) is 1. The van der Waals surface area contributed by atoms with Crippen LogP contribution in [0.15, 0.2) is 18.2 Å². The van der Waals surface area contributed by atoms with E-state index in [1.165, 1.54) is 0 Å². The van der Waals surface area contributed by atoms with E-state index < -0.39 is 0 Å². The number of methoxy groups -OCH3 is 2. The summed E-state index contributed by atoms with van der Waals surface area (Å²) >= 11 is 0. The van der Waals surface area contributed by atoms with E-state index in [1.54, 1.807) is 39.5 Å². The van der Waals surface area contributed by atoms with E-state index in [0.717, 1.165) is 0 Å². The molecule has 0 spiro atoms. The highest BCUT2D eigenvalue weighted by Gasteiger charge is 2.07. The molecule has 1 atom stereocenters. The number of nitrogens with one attached hydrogen (secondary N) is 1. The average molecular weight is 236 g/mol. The molecule has 0 bridgehead atoms. The summed E-state index contributed by atoms with van der Waals surface area (Å²) in [5.41, 5.74) is 0. The first-order valence-corrected chi connectivity index (χ1v) is 5.16. The van der Waals surface area contributed by atoms with Crippen molar-refractivity contribution in [1.29, 1.82) is 5.26 Å². The molecule has 5 nitrogen and oxygen atoms in total. The molecule has 0 aliphatic carbocycles. The normalized spacial score (nSPS) is 11.4. The van der Waals surface area contributed by atoms with Crippen molar-refractivity contribution in [3.63, 3.8) is 0 Å². The van der Waals surface area contributed by atoms with Crippen LogP contribution < -0.4 is 19.5 Å². The number of likely N-dealkylation sites (N-methyl/N-ethyl adjacent to an activating group) is 1. The van der Waals surface area contributed by atoms with Crippen molar-refractivity contribution in [2.24, 2.45) is 0 Å². The number of nitrogens with zero attached hydrogens (tertiary/aromatic N) is 1. The molecule has 0 aromatic heterocycles. The van der Waals surface area contributed by atoms with Gasteiger partial charge in [-0.3, -0.25) is 0 Å². The number of benzene rings is 1. The molecule has 17 heavy (non-hydrogen) atoms. The van der Waals surface area contributed by atoms with Gasteiger partial charge in [0.2, 0.25) is 0 Å². The molecule has 1 rings (SSSR count). The molecule has 0 heterocycles. The smallest absolute Gasteiger partial charge is 0.129 e. The Bertz CT molecular complexity index is 379. The minimum Gasteiger partial charge on any atom is -0.496 e. The molecular weight excluding hydrogens is 220 g/mol. The van der Waals surface area contributed by atoms with Gasteiger partial charge in [-0.25, -0.2) is 0 Å². The van der Waals surface area contributed by atoms with Gasteiger partial charge < -0.3 is 19.5 Å². The SMILES string of the molecule is CNC(C#N)COc1cc(OC)cc(OC)c1. The lowest BCUT2D eigenvalue weighted by Crippen LogP contribution is -2.29. The van der Waals surface area contributed by atoms with Gasteiger partial charge in [0, 0.05) is 18.2 Å². The van der Waals surface area contributed by atoms with Gasteiger partial charge in [-0.2, -0.15) is 5.26 Å². The third kappa shape index (κ3) is 3.85. The Morgan fingerprint density at radius 1 is 1.18 bits per heavy atom. The lowest BCUT2D eigenvalue weighted by atomic mass is 10.3. The first-order valence-electron chi connectivity index (χ1n) is 5.16. The predicted octanol–water partition coefficient (Wildman–Crippen LogP) is 1.19. The van der Waals surface area contributed by atoms with Crippen LogP contribution in [0.3, 0.4) is 0 Å². The number of rotatable bonds is 6. The average Bonchev–Trinajstić information content (AvgIpc) is 2.39. The van der Waals surface area contributed by atoms with Crippen molar-refractivity contribution >= 4 is 0 Å². The fourth-order valence-electron chi connectivity index (χ4n) is 1.23. The van der Waals surface area contributed by atoms with Crippen LogP contribution in [0.2, 0.25) is 0 Å². The summed E-state index contributed by atoms with van der Waals surface area (Å²) in [5, 5.41) is 11.6. The first kappa shape index (κ1) is 13.1. The van der Waals surface area contributed by atoms with E-state index in [4.69, 9.17) is 19.5 Å². The number of ether oxygens (including phenoxy) is 3. The Balaban J connectivity index is 2.73. The Morgan fingerprint density at radius 3 is 2.12 bits per heavy atom. The predicted molar refractivity (Wildman–Crippen MR) is 63.5 cm³/mol. The summed E-state index contributed by atoms with van der Waals surface area (Å²) in [7, 11) is 4.86. The van der Waals surface area contributed by atoms with E-state index in [1.807, 2.05) is 0 Å².